The van der Waals surface area contributed by atoms with Crippen molar-refractivity contribution in [2.45, 2.75) is 13.8 Å². The molecule has 0 atom stereocenters. The highest BCUT2D eigenvalue weighted by Crippen LogP contribution is 2.30. The molecule has 1 aromatic heterocycles. The van der Waals surface area contributed by atoms with Crippen molar-refractivity contribution in [3.8, 4) is 0 Å². The molecule has 0 unspecified atom stereocenters. The van der Waals surface area contributed by atoms with E-state index in [2.05, 4.69) is 20.0 Å². The number of nitrogens with two attached hydrogens (primary N) is 1. The van der Waals surface area contributed by atoms with E-state index in [0.29, 0.717) is 10.6 Å². The molecule has 122 valence electrons. The van der Waals surface area contributed by atoms with Gasteiger partial charge in [-0.15, -0.1) is 0 Å². The van der Waals surface area contributed by atoms with Crippen LogP contribution < -0.4 is 15.5 Å². The molecule has 0 radical (unpaired) electrons. The minimum absolute atomic E-state index is 0.439. The van der Waals surface area contributed by atoms with Crippen molar-refractivity contribution in [2.24, 2.45) is 5.73 Å². The summed E-state index contributed by atoms with van der Waals surface area (Å²) in [6.07, 6.45) is 0. The van der Waals surface area contributed by atoms with Gasteiger partial charge in [-0.2, -0.15) is 5.10 Å². The van der Waals surface area contributed by atoms with Crippen LogP contribution in [0.2, 0.25) is 5.02 Å². The van der Waals surface area contributed by atoms with Gasteiger partial charge in [-0.25, -0.2) is 0 Å². The molecule has 3 rings (SSSR count). The number of amides is 1. The maximum absolute atomic E-state index is 11.4. The molecule has 1 saturated heterocycles. The van der Waals surface area contributed by atoms with E-state index in [9.17, 15) is 4.79 Å². The van der Waals surface area contributed by atoms with E-state index in [1.165, 1.54) is 5.69 Å². The topological polar surface area (TPSA) is 78.2 Å². The number of nitrogens with one attached hydrogen (secondary N) is 1. The fourth-order valence-electron chi connectivity index (χ4n) is 3.09. The largest absolute Gasteiger partial charge is 0.367 e. The van der Waals surface area contributed by atoms with Crippen LogP contribution in [-0.2, 0) is 0 Å². The average molecular weight is 334 g/mol. The summed E-state index contributed by atoms with van der Waals surface area (Å²) < 4.78 is 0. The molecule has 23 heavy (non-hydrogen) atoms. The van der Waals surface area contributed by atoms with Crippen LogP contribution in [0.1, 0.15) is 21.7 Å². The van der Waals surface area contributed by atoms with Crippen molar-refractivity contribution < 1.29 is 4.79 Å². The van der Waals surface area contributed by atoms with Crippen molar-refractivity contribution in [3.05, 3.63) is 40.2 Å². The predicted molar refractivity (Wildman–Crippen MR) is 92.5 cm³/mol. The summed E-state index contributed by atoms with van der Waals surface area (Å²) in [5.74, 6) is -0.439. The summed E-state index contributed by atoms with van der Waals surface area (Å²) in [4.78, 5) is 15.9. The Labute approximate surface area is 140 Å². The van der Waals surface area contributed by atoms with E-state index in [1.807, 2.05) is 13.8 Å². The van der Waals surface area contributed by atoms with Crippen LogP contribution in [0.4, 0.5) is 11.4 Å². The molecule has 3 N–H and O–H groups in total. The Kier molecular flexibility index (Phi) is 4.17. The summed E-state index contributed by atoms with van der Waals surface area (Å²) in [7, 11) is 0. The molecular weight excluding hydrogens is 314 g/mol. The first-order valence-corrected chi connectivity index (χ1v) is 7.96. The number of carbonyl (C=O) groups is 1. The lowest BCUT2D eigenvalue weighted by Crippen LogP contribution is -2.47. The number of aromatic amines is 1. The number of hydrogen-bond acceptors (Lipinski definition) is 4. The zero-order valence-corrected chi connectivity index (χ0v) is 14.0. The molecule has 1 aliphatic heterocycles. The van der Waals surface area contributed by atoms with Gasteiger partial charge in [0.2, 0.25) is 5.91 Å². The quantitative estimate of drug-likeness (QED) is 0.901. The first-order valence-electron chi connectivity index (χ1n) is 7.58. The normalized spacial score (nSPS) is 15.1. The van der Waals surface area contributed by atoms with Crippen molar-refractivity contribution in [2.75, 3.05) is 36.0 Å². The summed E-state index contributed by atoms with van der Waals surface area (Å²) in [5, 5.41) is 7.93. The SMILES string of the molecule is Cc1n[nH]c(C)c1N1CCN(c2cc(C(N)=O)ccc2Cl)CC1. The summed E-state index contributed by atoms with van der Waals surface area (Å²) in [5.41, 5.74) is 9.99. The molecule has 1 aliphatic rings. The van der Waals surface area contributed by atoms with E-state index in [0.717, 1.165) is 43.3 Å². The number of rotatable bonds is 3. The second-order valence-corrected chi connectivity index (χ2v) is 6.19. The van der Waals surface area contributed by atoms with Crippen molar-refractivity contribution in [3.63, 3.8) is 0 Å². The number of aromatic nitrogens is 2. The Balaban J connectivity index is 1.77. The number of primary amides is 1. The van der Waals surface area contributed by atoms with Gasteiger partial charge in [0.05, 0.1) is 27.8 Å². The maximum Gasteiger partial charge on any atom is 0.248 e. The van der Waals surface area contributed by atoms with Gasteiger partial charge in [0.15, 0.2) is 0 Å². The minimum Gasteiger partial charge on any atom is -0.367 e. The Morgan fingerprint density at radius 1 is 1.22 bits per heavy atom. The molecule has 7 heteroatoms. The molecule has 0 bridgehead atoms. The van der Waals surface area contributed by atoms with E-state index in [4.69, 9.17) is 17.3 Å². The monoisotopic (exact) mass is 333 g/mol. The number of aryl methyl sites for hydroxylation is 2. The molecule has 6 nitrogen and oxygen atoms in total. The lowest BCUT2D eigenvalue weighted by Gasteiger charge is -2.37. The highest BCUT2D eigenvalue weighted by atomic mass is 35.5. The van der Waals surface area contributed by atoms with Crippen LogP contribution in [0.15, 0.2) is 18.2 Å². The Hall–Kier alpha value is -2.21. The standard InChI is InChI=1S/C16H20ClN5O/c1-10-15(11(2)20-19-10)22-7-5-21(6-8-22)14-9-12(16(18)23)3-4-13(14)17/h3-4,9H,5-8H2,1-2H3,(H2,18,23)(H,19,20). The van der Waals surface area contributed by atoms with Crippen molar-refractivity contribution >= 4 is 28.9 Å². The number of hydrogen-bond donors (Lipinski definition) is 2. The molecule has 0 saturated carbocycles. The Morgan fingerprint density at radius 3 is 2.43 bits per heavy atom. The van der Waals surface area contributed by atoms with E-state index in [1.54, 1.807) is 18.2 Å². The lowest BCUT2D eigenvalue weighted by atomic mass is 10.1. The van der Waals surface area contributed by atoms with E-state index < -0.39 is 5.91 Å². The van der Waals surface area contributed by atoms with Crippen LogP contribution in [-0.4, -0.2) is 42.3 Å². The first-order chi connectivity index (χ1) is 11.0. The number of halogens is 1. The van der Waals surface area contributed by atoms with Gasteiger partial charge >= 0.3 is 0 Å². The number of anilines is 2. The smallest absolute Gasteiger partial charge is 0.248 e. The Morgan fingerprint density at radius 2 is 1.87 bits per heavy atom. The van der Waals surface area contributed by atoms with Gasteiger partial charge in [0.25, 0.3) is 0 Å². The molecule has 0 aliphatic carbocycles. The van der Waals surface area contributed by atoms with Crippen LogP contribution in [0.5, 0.6) is 0 Å². The van der Waals surface area contributed by atoms with Crippen LogP contribution in [0.3, 0.4) is 0 Å². The van der Waals surface area contributed by atoms with Gasteiger partial charge in [0.1, 0.15) is 0 Å². The third kappa shape index (κ3) is 2.99. The van der Waals surface area contributed by atoms with Gasteiger partial charge in [-0.1, -0.05) is 11.6 Å². The van der Waals surface area contributed by atoms with Crippen molar-refractivity contribution in [1.29, 1.82) is 0 Å². The molecule has 1 aromatic carbocycles. The first kappa shape index (κ1) is 15.7. The molecule has 0 spiro atoms. The number of benzene rings is 1. The van der Waals surface area contributed by atoms with Gasteiger partial charge < -0.3 is 15.5 Å². The van der Waals surface area contributed by atoms with E-state index in [-0.39, 0.29) is 0 Å². The molecule has 1 amide bonds. The fourth-order valence-corrected chi connectivity index (χ4v) is 3.33. The lowest BCUT2D eigenvalue weighted by molar-refractivity contribution is 0.100. The van der Waals surface area contributed by atoms with E-state index >= 15 is 0 Å². The third-order valence-corrected chi connectivity index (χ3v) is 4.58. The second-order valence-electron chi connectivity index (χ2n) is 5.79. The number of nitrogens with zero attached hydrogens (tertiary/aromatic N) is 3. The Bertz CT molecular complexity index is 715. The van der Waals surface area contributed by atoms with Crippen molar-refractivity contribution in [1.82, 2.24) is 10.2 Å². The van der Waals surface area contributed by atoms with Crippen LogP contribution in [0.25, 0.3) is 0 Å². The van der Waals surface area contributed by atoms with Gasteiger partial charge in [-0.3, -0.25) is 9.89 Å². The highest BCUT2D eigenvalue weighted by Gasteiger charge is 2.23. The fraction of sp³-hybridized carbons (Fsp3) is 0.375. The predicted octanol–water partition coefficient (Wildman–Crippen LogP) is 2.11. The molecule has 1 fully saturated rings. The highest BCUT2D eigenvalue weighted by molar-refractivity contribution is 6.33. The summed E-state index contributed by atoms with van der Waals surface area (Å²) in [6, 6.07) is 5.16. The molecule has 2 heterocycles. The second kappa shape index (κ2) is 6.12. The number of H-pyrrole nitrogens is 1. The van der Waals surface area contributed by atoms with Gasteiger partial charge in [-0.05, 0) is 32.0 Å². The van der Waals surface area contributed by atoms with Crippen LogP contribution >= 0.6 is 11.6 Å². The molecule has 2 aromatic rings. The summed E-state index contributed by atoms with van der Waals surface area (Å²) >= 11 is 6.30. The number of piperazine rings is 1. The third-order valence-electron chi connectivity index (χ3n) is 4.26. The van der Waals surface area contributed by atoms with Crippen LogP contribution in [0, 0.1) is 13.8 Å². The van der Waals surface area contributed by atoms with Gasteiger partial charge in [0, 0.05) is 31.7 Å². The number of carbonyl (C=O) groups excluding carboxylic acids is 1. The maximum atomic E-state index is 11.4. The molecular formula is C16H20ClN5O. The summed E-state index contributed by atoms with van der Waals surface area (Å²) in [6.45, 7) is 7.45. The average Bonchev–Trinajstić information content (AvgIpc) is 2.87. The zero-order chi connectivity index (χ0) is 16.6. The zero-order valence-electron chi connectivity index (χ0n) is 13.3. The minimum atomic E-state index is -0.439.